The molecule has 1 unspecified atom stereocenters. The molecule has 1 saturated heterocycles. The Hall–Kier alpha value is -1.63. The molecule has 0 amide bonds. The average molecular weight is 263 g/mol. The third-order valence-corrected chi connectivity index (χ3v) is 3.19. The van der Waals surface area contributed by atoms with E-state index in [1.165, 1.54) is 0 Å². The van der Waals surface area contributed by atoms with Crippen LogP contribution in [0.2, 0.25) is 0 Å². The normalized spacial score (nSPS) is 19.9. The van der Waals surface area contributed by atoms with Gasteiger partial charge in [-0.25, -0.2) is 4.79 Å². The molecule has 2 aromatic rings. The van der Waals surface area contributed by atoms with Crippen LogP contribution in [-0.2, 0) is 11.3 Å². The number of oxazole rings is 1. The minimum absolute atomic E-state index is 0.228. The van der Waals surface area contributed by atoms with Crippen LogP contribution in [0, 0.1) is 0 Å². The lowest BCUT2D eigenvalue weighted by Crippen LogP contribution is -2.43. The number of hydrogen-bond acceptors (Lipinski definition) is 5. The largest absolute Gasteiger partial charge is 0.417 e. The molecular weight excluding hydrogens is 246 g/mol. The van der Waals surface area contributed by atoms with E-state index in [0.717, 1.165) is 43.9 Å². The van der Waals surface area contributed by atoms with Crippen molar-refractivity contribution in [3.05, 3.63) is 34.3 Å². The third-order valence-electron chi connectivity index (χ3n) is 3.19. The van der Waals surface area contributed by atoms with Gasteiger partial charge in [0.05, 0.1) is 18.2 Å². The smallest absolute Gasteiger partial charge is 0.408 e. The van der Waals surface area contributed by atoms with Gasteiger partial charge in [-0.2, -0.15) is 0 Å². The monoisotopic (exact) mass is 263 g/mol. The van der Waals surface area contributed by atoms with Gasteiger partial charge in [0.1, 0.15) is 0 Å². The molecule has 1 aromatic carbocycles. The number of hydrogen-bond donors (Lipinski definition) is 3. The number of morpholine rings is 1. The number of fused-ring (bicyclic) bond motifs is 1. The van der Waals surface area contributed by atoms with Gasteiger partial charge in [0.2, 0.25) is 0 Å². The summed E-state index contributed by atoms with van der Waals surface area (Å²) in [4.78, 5) is 13.7. The summed E-state index contributed by atoms with van der Waals surface area (Å²) in [6.45, 7) is 4.15. The number of rotatable bonds is 4. The second kappa shape index (κ2) is 5.56. The van der Waals surface area contributed by atoms with Gasteiger partial charge in [-0.15, -0.1) is 0 Å². The molecule has 102 valence electrons. The molecule has 0 radical (unpaired) electrons. The zero-order valence-corrected chi connectivity index (χ0v) is 10.6. The molecule has 6 heteroatoms. The molecule has 0 bridgehead atoms. The van der Waals surface area contributed by atoms with E-state index >= 15 is 0 Å². The fourth-order valence-corrected chi connectivity index (χ4v) is 2.24. The standard InChI is InChI=1S/C13H17N3O3/c17-13-16-11-5-9(1-2-12(11)19-13)6-15-8-10-7-14-3-4-18-10/h1-2,5,10,14-15H,3-4,6-8H2,(H,16,17). The molecule has 6 nitrogen and oxygen atoms in total. The Morgan fingerprint density at radius 3 is 3.21 bits per heavy atom. The molecule has 0 aliphatic carbocycles. The minimum atomic E-state index is -0.415. The first kappa shape index (κ1) is 12.4. The fraction of sp³-hybridized carbons (Fsp3) is 0.462. The SMILES string of the molecule is O=c1[nH]c2cc(CNCC3CNCCO3)ccc2o1. The molecule has 1 aliphatic heterocycles. The molecule has 1 aliphatic rings. The van der Waals surface area contributed by atoms with E-state index in [1.54, 1.807) is 0 Å². The molecule has 19 heavy (non-hydrogen) atoms. The van der Waals surface area contributed by atoms with Crippen molar-refractivity contribution >= 4 is 11.1 Å². The Bertz CT molecular complexity index is 598. The molecule has 1 aromatic heterocycles. The van der Waals surface area contributed by atoms with Gasteiger partial charge in [-0.3, -0.25) is 4.98 Å². The zero-order chi connectivity index (χ0) is 13.1. The van der Waals surface area contributed by atoms with Crippen molar-refractivity contribution in [3.8, 4) is 0 Å². The number of nitrogens with one attached hydrogen (secondary N) is 3. The van der Waals surface area contributed by atoms with Gasteiger partial charge >= 0.3 is 5.76 Å². The van der Waals surface area contributed by atoms with E-state index in [-0.39, 0.29) is 6.10 Å². The molecule has 0 spiro atoms. The van der Waals surface area contributed by atoms with Crippen LogP contribution in [0.25, 0.3) is 11.1 Å². The molecule has 1 atom stereocenters. The average Bonchev–Trinajstić information content (AvgIpc) is 2.79. The van der Waals surface area contributed by atoms with Crippen molar-refractivity contribution in [2.75, 3.05) is 26.2 Å². The van der Waals surface area contributed by atoms with Crippen LogP contribution in [0.3, 0.4) is 0 Å². The van der Waals surface area contributed by atoms with Crippen molar-refractivity contribution in [2.24, 2.45) is 0 Å². The highest BCUT2D eigenvalue weighted by Gasteiger charge is 2.12. The van der Waals surface area contributed by atoms with Crippen molar-refractivity contribution in [3.63, 3.8) is 0 Å². The summed E-state index contributed by atoms with van der Waals surface area (Å²) in [6.07, 6.45) is 0.228. The van der Waals surface area contributed by atoms with Gasteiger partial charge in [-0.05, 0) is 17.7 Å². The van der Waals surface area contributed by atoms with Crippen molar-refractivity contribution in [1.82, 2.24) is 15.6 Å². The maximum atomic E-state index is 11.1. The highest BCUT2D eigenvalue weighted by molar-refractivity contribution is 5.72. The summed E-state index contributed by atoms with van der Waals surface area (Å²) in [6, 6.07) is 5.68. The Morgan fingerprint density at radius 2 is 2.37 bits per heavy atom. The van der Waals surface area contributed by atoms with E-state index in [9.17, 15) is 4.79 Å². The molecule has 3 rings (SSSR count). The summed E-state index contributed by atoms with van der Waals surface area (Å²) >= 11 is 0. The number of ether oxygens (including phenoxy) is 1. The number of aromatic amines is 1. The lowest BCUT2D eigenvalue weighted by molar-refractivity contribution is 0.0291. The predicted octanol–water partition coefficient (Wildman–Crippen LogP) is 0.199. The summed E-state index contributed by atoms with van der Waals surface area (Å²) < 4.78 is 10.6. The Labute approximate surface area is 110 Å². The minimum Gasteiger partial charge on any atom is -0.408 e. The first-order valence-electron chi connectivity index (χ1n) is 6.46. The Balaban J connectivity index is 1.57. The van der Waals surface area contributed by atoms with Crippen molar-refractivity contribution < 1.29 is 9.15 Å². The van der Waals surface area contributed by atoms with Crippen LogP contribution >= 0.6 is 0 Å². The van der Waals surface area contributed by atoms with Crippen molar-refractivity contribution in [1.29, 1.82) is 0 Å². The molecule has 3 N–H and O–H groups in total. The summed E-state index contributed by atoms with van der Waals surface area (Å²) in [5.41, 5.74) is 2.43. The van der Waals surface area contributed by atoms with E-state index < -0.39 is 5.76 Å². The van der Waals surface area contributed by atoms with Gasteiger partial charge in [0.15, 0.2) is 5.58 Å². The zero-order valence-electron chi connectivity index (χ0n) is 10.6. The van der Waals surface area contributed by atoms with Crippen LogP contribution in [0.4, 0.5) is 0 Å². The second-order valence-electron chi connectivity index (χ2n) is 4.67. The van der Waals surface area contributed by atoms with Crippen LogP contribution in [-0.4, -0.2) is 37.3 Å². The van der Waals surface area contributed by atoms with Gasteiger partial charge < -0.3 is 19.8 Å². The number of benzene rings is 1. The summed E-state index contributed by atoms with van der Waals surface area (Å²) in [5.74, 6) is -0.415. The maximum Gasteiger partial charge on any atom is 0.417 e. The highest BCUT2D eigenvalue weighted by atomic mass is 16.5. The van der Waals surface area contributed by atoms with E-state index in [0.29, 0.717) is 5.58 Å². The fourth-order valence-electron chi connectivity index (χ4n) is 2.24. The Morgan fingerprint density at radius 1 is 1.42 bits per heavy atom. The number of aromatic nitrogens is 1. The lowest BCUT2D eigenvalue weighted by atomic mass is 10.2. The summed E-state index contributed by atoms with van der Waals surface area (Å²) in [7, 11) is 0. The van der Waals surface area contributed by atoms with Crippen molar-refractivity contribution in [2.45, 2.75) is 12.6 Å². The topological polar surface area (TPSA) is 79.3 Å². The van der Waals surface area contributed by atoms with Crippen LogP contribution < -0.4 is 16.4 Å². The summed E-state index contributed by atoms with van der Waals surface area (Å²) in [5, 5.41) is 6.65. The molecule has 0 saturated carbocycles. The first-order chi connectivity index (χ1) is 9.31. The molecular formula is C13H17N3O3. The van der Waals surface area contributed by atoms with E-state index in [4.69, 9.17) is 9.15 Å². The van der Waals surface area contributed by atoms with Crippen LogP contribution in [0.5, 0.6) is 0 Å². The maximum absolute atomic E-state index is 11.1. The van der Waals surface area contributed by atoms with Crippen LogP contribution in [0.1, 0.15) is 5.56 Å². The van der Waals surface area contributed by atoms with E-state index in [1.807, 2.05) is 18.2 Å². The highest BCUT2D eigenvalue weighted by Crippen LogP contribution is 2.12. The third kappa shape index (κ3) is 3.04. The van der Waals surface area contributed by atoms with Gasteiger partial charge in [-0.1, -0.05) is 6.07 Å². The predicted molar refractivity (Wildman–Crippen MR) is 71.2 cm³/mol. The molecule has 2 heterocycles. The molecule has 1 fully saturated rings. The Kier molecular flexibility index (Phi) is 3.63. The van der Waals surface area contributed by atoms with Gasteiger partial charge in [0.25, 0.3) is 0 Å². The number of H-pyrrole nitrogens is 1. The quantitative estimate of drug-likeness (QED) is 0.734. The lowest BCUT2D eigenvalue weighted by Gasteiger charge is -2.23. The van der Waals surface area contributed by atoms with E-state index in [2.05, 4.69) is 15.6 Å². The van der Waals surface area contributed by atoms with Gasteiger partial charge in [0, 0.05) is 26.2 Å². The first-order valence-corrected chi connectivity index (χ1v) is 6.46. The van der Waals surface area contributed by atoms with Crippen LogP contribution in [0.15, 0.2) is 27.4 Å². The second-order valence-corrected chi connectivity index (χ2v) is 4.67.